The third-order valence-electron chi connectivity index (χ3n) is 4.19. The van der Waals surface area contributed by atoms with Gasteiger partial charge in [0.1, 0.15) is 11.9 Å². The summed E-state index contributed by atoms with van der Waals surface area (Å²) < 4.78 is 0. The van der Waals surface area contributed by atoms with Crippen LogP contribution < -0.4 is 4.90 Å². The highest BCUT2D eigenvalue weighted by atomic mass is 15.2. The van der Waals surface area contributed by atoms with E-state index in [1.807, 2.05) is 12.1 Å². The van der Waals surface area contributed by atoms with Crippen molar-refractivity contribution in [2.45, 2.75) is 18.8 Å². The molecule has 1 aromatic carbocycles. The highest BCUT2D eigenvalue weighted by Crippen LogP contribution is 2.46. The molecule has 0 spiro atoms. The monoisotopic (exact) mass is 223 g/mol. The first-order valence-corrected chi connectivity index (χ1v) is 6.18. The standard InChI is InChI=1S/C14H13N3/c15-8-10-2-1-3-11-12-9-4-6-17(7-5-9)14(12)16-13(10)11/h1-3,9,16H,4-7H2. The second-order valence-corrected chi connectivity index (χ2v) is 4.99. The zero-order valence-corrected chi connectivity index (χ0v) is 9.53. The second kappa shape index (κ2) is 3.04. The Bertz CT molecular complexity index is 639. The largest absolute Gasteiger partial charge is 0.358 e. The summed E-state index contributed by atoms with van der Waals surface area (Å²) in [5.41, 5.74) is 3.24. The number of aromatic amines is 1. The molecule has 3 nitrogen and oxygen atoms in total. The van der Waals surface area contributed by atoms with E-state index < -0.39 is 0 Å². The first-order valence-electron chi connectivity index (χ1n) is 6.18. The summed E-state index contributed by atoms with van der Waals surface area (Å²) in [4.78, 5) is 5.90. The fourth-order valence-corrected chi connectivity index (χ4v) is 3.37. The smallest absolute Gasteiger partial charge is 0.110 e. The number of nitriles is 1. The lowest BCUT2D eigenvalue weighted by molar-refractivity contribution is 0.475. The highest BCUT2D eigenvalue weighted by Gasteiger charge is 2.34. The minimum absolute atomic E-state index is 0.692. The molecule has 1 aromatic heterocycles. The van der Waals surface area contributed by atoms with E-state index >= 15 is 0 Å². The third-order valence-corrected chi connectivity index (χ3v) is 4.19. The maximum atomic E-state index is 9.16. The number of rotatable bonds is 0. The second-order valence-electron chi connectivity index (χ2n) is 4.99. The van der Waals surface area contributed by atoms with E-state index in [-0.39, 0.29) is 0 Å². The number of anilines is 1. The molecule has 0 unspecified atom stereocenters. The molecule has 4 heterocycles. The number of H-pyrrole nitrogens is 1. The Hall–Kier alpha value is -1.95. The Balaban J connectivity index is 2.10. The summed E-state index contributed by atoms with van der Waals surface area (Å²) in [5, 5.41) is 10.4. The molecule has 0 amide bonds. The van der Waals surface area contributed by atoms with Crippen LogP contribution >= 0.6 is 0 Å². The van der Waals surface area contributed by atoms with Crippen molar-refractivity contribution in [1.82, 2.24) is 4.98 Å². The van der Waals surface area contributed by atoms with Gasteiger partial charge in [0.2, 0.25) is 0 Å². The van der Waals surface area contributed by atoms with Crippen LogP contribution in [-0.4, -0.2) is 18.1 Å². The Morgan fingerprint density at radius 3 is 2.88 bits per heavy atom. The topological polar surface area (TPSA) is 42.8 Å². The first kappa shape index (κ1) is 9.12. The lowest BCUT2D eigenvalue weighted by Crippen LogP contribution is -2.38. The molecule has 1 fully saturated rings. The molecular weight excluding hydrogens is 210 g/mol. The van der Waals surface area contributed by atoms with E-state index in [2.05, 4.69) is 22.0 Å². The molecule has 0 atom stereocenters. The van der Waals surface area contributed by atoms with Gasteiger partial charge in [-0.25, -0.2) is 0 Å². The predicted molar refractivity (Wildman–Crippen MR) is 67.2 cm³/mol. The van der Waals surface area contributed by atoms with Crippen LogP contribution in [0.25, 0.3) is 10.9 Å². The molecule has 0 aliphatic carbocycles. The summed E-state index contributed by atoms with van der Waals surface area (Å²) in [7, 11) is 0. The van der Waals surface area contributed by atoms with Gasteiger partial charge in [-0.05, 0) is 24.8 Å². The fraction of sp³-hybridized carbons (Fsp3) is 0.357. The van der Waals surface area contributed by atoms with Crippen LogP contribution in [-0.2, 0) is 0 Å². The number of para-hydroxylation sites is 1. The van der Waals surface area contributed by atoms with E-state index in [1.54, 1.807) is 0 Å². The number of hydrogen-bond donors (Lipinski definition) is 1. The van der Waals surface area contributed by atoms with Crippen LogP contribution in [0.1, 0.15) is 29.9 Å². The van der Waals surface area contributed by atoms with Crippen LogP contribution in [0.4, 0.5) is 5.82 Å². The normalized spacial score (nSPS) is 18.4. The number of hydrogen-bond acceptors (Lipinski definition) is 2. The van der Waals surface area contributed by atoms with Gasteiger partial charge < -0.3 is 9.88 Å². The number of fused-ring (bicyclic) bond motifs is 3. The summed E-state index contributed by atoms with van der Waals surface area (Å²) in [6.45, 7) is 2.32. The van der Waals surface area contributed by atoms with Crippen molar-refractivity contribution in [2.75, 3.05) is 18.0 Å². The fourth-order valence-electron chi connectivity index (χ4n) is 3.37. The minimum Gasteiger partial charge on any atom is -0.358 e. The molecule has 0 saturated carbocycles. The molecule has 2 aromatic rings. The van der Waals surface area contributed by atoms with Gasteiger partial charge in [0.05, 0.1) is 11.1 Å². The minimum atomic E-state index is 0.692. The molecule has 17 heavy (non-hydrogen) atoms. The Morgan fingerprint density at radius 2 is 2.12 bits per heavy atom. The zero-order valence-electron chi connectivity index (χ0n) is 9.53. The molecule has 0 radical (unpaired) electrons. The van der Waals surface area contributed by atoms with Gasteiger partial charge in [0.15, 0.2) is 0 Å². The molecule has 84 valence electrons. The van der Waals surface area contributed by atoms with E-state index in [0.717, 1.165) is 24.2 Å². The number of nitrogens with zero attached hydrogens (tertiary/aromatic N) is 2. The zero-order chi connectivity index (χ0) is 11.4. The van der Waals surface area contributed by atoms with E-state index in [0.29, 0.717) is 5.92 Å². The van der Waals surface area contributed by atoms with Crippen LogP contribution in [0, 0.1) is 11.3 Å². The van der Waals surface area contributed by atoms with Gasteiger partial charge >= 0.3 is 0 Å². The molecule has 3 heteroatoms. The molecule has 3 aliphatic rings. The summed E-state index contributed by atoms with van der Waals surface area (Å²) in [6, 6.07) is 8.31. The maximum absolute atomic E-state index is 9.16. The van der Waals surface area contributed by atoms with Gasteiger partial charge in [-0.2, -0.15) is 5.26 Å². The molecule has 1 saturated heterocycles. The van der Waals surface area contributed by atoms with Crippen LogP contribution in [0.5, 0.6) is 0 Å². The highest BCUT2D eigenvalue weighted by molar-refractivity contribution is 5.94. The summed E-state index contributed by atoms with van der Waals surface area (Å²) >= 11 is 0. The lowest BCUT2D eigenvalue weighted by Gasteiger charge is -2.40. The van der Waals surface area contributed by atoms with Gasteiger partial charge in [0, 0.05) is 24.0 Å². The van der Waals surface area contributed by atoms with Gasteiger partial charge in [-0.1, -0.05) is 12.1 Å². The van der Waals surface area contributed by atoms with Gasteiger partial charge in [0.25, 0.3) is 0 Å². The molecule has 3 aliphatic heterocycles. The molecule has 1 N–H and O–H groups in total. The van der Waals surface area contributed by atoms with E-state index in [4.69, 9.17) is 5.26 Å². The van der Waals surface area contributed by atoms with Crippen LogP contribution in [0.3, 0.4) is 0 Å². The predicted octanol–water partition coefficient (Wildman–Crippen LogP) is 2.74. The number of benzene rings is 1. The summed E-state index contributed by atoms with van der Waals surface area (Å²) in [5.74, 6) is 1.96. The maximum Gasteiger partial charge on any atom is 0.110 e. The van der Waals surface area contributed by atoms with Crippen molar-refractivity contribution >= 4 is 16.7 Å². The van der Waals surface area contributed by atoms with Gasteiger partial charge in [-0.15, -0.1) is 0 Å². The quantitative estimate of drug-likeness (QED) is 0.746. The lowest BCUT2D eigenvalue weighted by atomic mass is 9.84. The molecular formula is C14H13N3. The summed E-state index contributed by atoms with van der Waals surface area (Å²) in [6.07, 6.45) is 2.52. The third kappa shape index (κ3) is 1.05. The van der Waals surface area contributed by atoms with Crippen molar-refractivity contribution in [1.29, 1.82) is 5.26 Å². The van der Waals surface area contributed by atoms with E-state index in [9.17, 15) is 0 Å². The van der Waals surface area contributed by atoms with Crippen molar-refractivity contribution in [3.63, 3.8) is 0 Å². The Kier molecular flexibility index (Phi) is 1.63. The number of nitrogens with one attached hydrogen (secondary N) is 1. The molecule has 2 bridgehead atoms. The van der Waals surface area contributed by atoms with Crippen molar-refractivity contribution in [2.24, 2.45) is 0 Å². The number of piperidine rings is 1. The Labute approximate surface area is 99.7 Å². The van der Waals surface area contributed by atoms with Crippen LogP contribution in [0.15, 0.2) is 18.2 Å². The SMILES string of the molecule is N#Cc1cccc2c3c([nH]c12)N1CCC3CC1. The van der Waals surface area contributed by atoms with Crippen molar-refractivity contribution in [3.05, 3.63) is 29.3 Å². The first-order chi connectivity index (χ1) is 8.38. The van der Waals surface area contributed by atoms with E-state index in [1.165, 1.54) is 29.6 Å². The average Bonchev–Trinajstić information content (AvgIpc) is 2.81. The van der Waals surface area contributed by atoms with Gasteiger partial charge in [-0.3, -0.25) is 0 Å². The van der Waals surface area contributed by atoms with Crippen molar-refractivity contribution < 1.29 is 0 Å². The van der Waals surface area contributed by atoms with Crippen LogP contribution in [0.2, 0.25) is 0 Å². The van der Waals surface area contributed by atoms with Crippen molar-refractivity contribution in [3.8, 4) is 6.07 Å². The Morgan fingerprint density at radius 1 is 1.29 bits per heavy atom. The number of aromatic nitrogens is 1. The average molecular weight is 223 g/mol. The molecule has 5 rings (SSSR count).